The van der Waals surface area contributed by atoms with E-state index in [1.165, 1.54) is 4.88 Å². The van der Waals surface area contributed by atoms with Gasteiger partial charge in [0.1, 0.15) is 12.4 Å². The maximum absolute atomic E-state index is 12.3. The van der Waals surface area contributed by atoms with Gasteiger partial charge in [-0.25, -0.2) is 0 Å². The third kappa shape index (κ3) is 2.63. The highest BCUT2D eigenvalue weighted by Crippen LogP contribution is 2.31. The molecule has 0 aliphatic carbocycles. The second-order valence-electron chi connectivity index (χ2n) is 4.44. The van der Waals surface area contributed by atoms with Crippen molar-refractivity contribution >= 4 is 22.9 Å². The summed E-state index contributed by atoms with van der Waals surface area (Å²) in [7, 11) is 0. The number of amides is 1. The second kappa shape index (κ2) is 5.45. The van der Waals surface area contributed by atoms with Gasteiger partial charge < -0.3 is 9.64 Å². The summed E-state index contributed by atoms with van der Waals surface area (Å²) in [5.41, 5.74) is 0.893. The molecule has 1 amide bonds. The van der Waals surface area contributed by atoms with Crippen LogP contribution in [0.4, 0.5) is 5.69 Å². The van der Waals surface area contributed by atoms with E-state index < -0.39 is 0 Å². The molecule has 4 heteroatoms. The van der Waals surface area contributed by atoms with Crippen LogP contribution in [-0.4, -0.2) is 19.1 Å². The lowest BCUT2D eigenvalue weighted by Crippen LogP contribution is -2.37. The molecule has 98 valence electrons. The number of anilines is 1. The molecule has 1 aliphatic heterocycles. The fourth-order valence-corrected chi connectivity index (χ4v) is 2.96. The van der Waals surface area contributed by atoms with Gasteiger partial charge in [-0.1, -0.05) is 18.2 Å². The minimum atomic E-state index is 0.171. The van der Waals surface area contributed by atoms with Gasteiger partial charge in [0, 0.05) is 11.3 Å². The van der Waals surface area contributed by atoms with Crippen molar-refractivity contribution in [3.05, 3.63) is 46.7 Å². The van der Waals surface area contributed by atoms with Crippen LogP contribution >= 0.6 is 11.3 Å². The van der Waals surface area contributed by atoms with Crippen molar-refractivity contribution < 1.29 is 9.53 Å². The molecule has 1 aromatic heterocycles. The summed E-state index contributed by atoms with van der Waals surface area (Å²) < 4.78 is 5.56. The number of para-hydroxylation sites is 2. The number of ether oxygens (including phenoxy) is 1. The zero-order chi connectivity index (χ0) is 13.1. The molecule has 0 bridgehead atoms. The number of carbonyl (C=O) groups excluding carboxylic acids is 1. The minimum Gasteiger partial charge on any atom is -0.490 e. The molecule has 19 heavy (non-hydrogen) atoms. The SMILES string of the molecule is O=C(CCc1cccs1)N1CCOc2ccccc21. The predicted octanol–water partition coefficient (Wildman–Crippen LogP) is 3.11. The van der Waals surface area contributed by atoms with Crippen LogP contribution in [0.15, 0.2) is 41.8 Å². The first-order chi connectivity index (χ1) is 9.34. The molecule has 0 saturated heterocycles. The fraction of sp³-hybridized carbons (Fsp3) is 0.267. The van der Waals surface area contributed by atoms with Crippen LogP contribution in [-0.2, 0) is 11.2 Å². The van der Waals surface area contributed by atoms with Gasteiger partial charge in [0.15, 0.2) is 0 Å². The Labute approximate surface area is 116 Å². The molecule has 0 N–H and O–H groups in total. The zero-order valence-electron chi connectivity index (χ0n) is 10.5. The van der Waals surface area contributed by atoms with E-state index in [2.05, 4.69) is 6.07 Å². The van der Waals surface area contributed by atoms with Gasteiger partial charge in [-0.05, 0) is 30.0 Å². The number of rotatable bonds is 3. The molecule has 1 aromatic carbocycles. The van der Waals surface area contributed by atoms with Crippen molar-refractivity contribution in [2.45, 2.75) is 12.8 Å². The molecule has 0 atom stereocenters. The van der Waals surface area contributed by atoms with Crippen LogP contribution in [0.25, 0.3) is 0 Å². The van der Waals surface area contributed by atoms with Crippen molar-refractivity contribution in [3.63, 3.8) is 0 Å². The zero-order valence-corrected chi connectivity index (χ0v) is 11.4. The molecule has 0 radical (unpaired) electrons. The Morgan fingerprint density at radius 3 is 3.00 bits per heavy atom. The van der Waals surface area contributed by atoms with Gasteiger partial charge in [-0.3, -0.25) is 4.79 Å². The van der Waals surface area contributed by atoms with Gasteiger partial charge in [-0.15, -0.1) is 11.3 Å². The Kier molecular flexibility index (Phi) is 3.51. The average Bonchev–Trinajstić information content (AvgIpc) is 2.97. The van der Waals surface area contributed by atoms with Crippen molar-refractivity contribution in [3.8, 4) is 5.75 Å². The molecule has 0 fully saturated rings. The number of benzene rings is 1. The molecule has 2 heterocycles. The van der Waals surface area contributed by atoms with Crippen LogP contribution < -0.4 is 9.64 Å². The first kappa shape index (κ1) is 12.2. The number of carbonyl (C=O) groups is 1. The normalized spacial score (nSPS) is 13.8. The van der Waals surface area contributed by atoms with Crippen molar-refractivity contribution in [2.24, 2.45) is 0 Å². The second-order valence-corrected chi connectivity index (χ2v) is 5.47. The van der Waals surface area contributed by atoms with Gasteiger partial charge in [-0.2, -0.15) is 0 Å². The highest BCUT2D eigenvalue weighted by Gasteiger charge is 2.22. The Balaban J connectivity index is 1.71. The molecule has 3 nitrogen and oxygen atoms in total. The van der Waals surface area contributed by atoms with E-state index in [0.717, 1.165) is 17.9 Å². The van der Waals surface area contributed by atoms with E-state index in [9.17, 15) is 4.79 Å². The van der Waals surface area contributed by atoms with E-state index in [4.69, 9.17) is 4.74 Å². The average molecular weight is 273 g/mol. The van der Waals surface area contributed by atoms with Crippen LogP contribution in [0.5, 0.6) is 5.75 Å². The van der Waals surface area contributed by atoms with Crippen molar-refractivity contribution in [2.75, 3.05) is 18.1 Å². The highest BCUT2D eigenvalue weighted by atomic mass is 32.1. The molecule has 2 aromatic rings. The van der Waals surface area contributed by atoms with Crippen LogP contribution in [0, 0.1) is 0 Å². The Hall–Kier alpha value is -1.81. The van der Waals surface area contributed by atoms with E-state index in [1.54, 1.807) is 11.3 Å². The summed E-state index contributed by atoms with van der Waals surface area (Å²) in [5.74, 6) is 0.974. The maximum atomic E-state index is 12.3. The van der Waals surface area contributed by atoms with Gasteiger partial charge >= 0.3 is 0 Å². The van der Waals surface area contributed by atoms with E-state index >= 15 is 0 Å². The summed E-state index contributed by atoms with van der Waals surface area (Å²) in [6.07, 6.45) is 1.37. The molecule has 0 unspecified atom stereocenters. The third-order valence-electron chi connectivity index (χ3n) is 3.19. The van der Waals surface area contributed by atoms with E-state index in [-0.39, 0.29) is 5.91 Å². The minimum absolute atomic E-state index is 0.171. The third-order valence-corrected chi connectivity index (χ3v) is 4.13. The molecular weight excluding hydrogens is 258 g/mol. The maximum Gasteiger partial charge on any atom is 0.227 e. The summed E-state index contributed by atoms with van der Waals surface area (Å²) in [6, 6.07) is 11.8. The van der Waals surface area contributed by atoms with Gasteiger partial charge in [0.05, 0.1) is 12.2 Å². The smallest absolute Gasteiger partial charge is 0.227 e. The summed E-state index contributed by atoms with van der Waals surface area (Å²) >= 11 is 1.70. The monoisotopic (exact) mass is 273 g/mol. The highest BCUT2D eigenvalue weighted by molar-refractivity contribution is 7.09. The number of fused-ring (bicyclic) bond motifs is 1. The summed E-state index contributed by atoms with van der Waals surface area (Å²) in [4.78, 5) is 15.4. The van der Waals surface area contributed by atoms with Crippen molar-refractivity contribution in [1.82, 2.24) is 0 Å². The van der Waals surface area contributed by atoms with E-state index in [0.29, 0.717) is 19.6 Å². The Bertz CT molecular complexity index is 565. The standard InChI is InChI=1S/C15H15NO2S/c17-15(8-7-12-4-3-11-19-12)16-9-10-18-14-6-2-1-5-13(14)16/h1-6,11H,7-10H2. The Morgan fingerprint density at radius 1 is 1.26 bits per heavy atom. The molecule has 0 spiro atoms. The van der Waals surface area contributed by atoms with E-state index in [1.807, 2.05) is 40.6 Å². The topological polar surface area (TPSA) is 29.5 Å². The number of hydrogen-bond acceptors (Lipinski definition) is 3. The number of aryl methyl sites for hydroxylation is 1. The first-order valence-electron chi connectivity index (χ1n) is 6.39. The quantitative estimate of drug-likeness (QED) is 0.860. The largest absolute Gasteiger partial charge is 0.490 e. The van der Waals surface area contributed by atoms with Crippen LogP contribution in [0.3, 0.4) is 0 Å². The molecular formula is C15H15NO2S. The lowest BCUT2D eigenvalue weighted by atomic mass is 10.2. The van der Waals surface area contributed by atoms with Crippen molar-refractivity contribution in [1.29, 1.82) is 0 Å². The van der Waals surface area contributed by atoms with Crippen LogP contribution in [0.1, 0.15) is 11.3 Å². The summed E-state index contributed by atoms with van der Waals surface area (Å²) in [6.45, 7) is 1.21. The molecule has 3 rings (SSSR count). The lowest BCUT2D eigenvalue weighted by Gasteiger charge is -2.29. The van der Waals surface area contributed by atoms with Crippen LogP contribution in [0.2, 0.25) is 0 Å². The number of nitrogens with zero attached hydrogens (tertiary/aromatic N) is 1. The summed E-state index contributed by atoms with van der Waals surface area (Å²) in [5, 5.41) is 2.05. The number of hydrogen-bond donors (Lipinski definition) is 0. The lowest BCUT2D eigenvalue weighted by molar-refractivity contribution is -0.118. The molecule has 0 saturated carbocycles. The number of thiophene rings is 1. The van der Waals surface area contributed by atoms with Gasteiger partial charge in [0.25, 0.3) is 0 Å². The first-order valence-corrected chi connectivity index (χ1v) is 7.27. The predicted molar refractivity (Wildman–Crippen MR) is 76.9 cm³/mol. The fourth-order valence-electron chi connectivity index (χ4n) is 2.25. The Morgan fingerprint density at radius 2 is 2.16 bits per heavy atom. The van der Waals surface area contributed by atoms with Gasteiger partial charge in [0.2, 0.25) is 5.91 Å². The molecule has 1 aliphatic rings.